The minimum absolute atomic E-state index is 0.104. The van der Waals surface area contributed by atoms with E-state index in [0.717, 1.165) is 25.0 Å². The van der Waals surface area contributed by atoms with Gasteiger partial charge in [0.25, 0.3) is 0 Å². The molecule has 0 amide bonds. The maximum Gasteiger partial charge on any atom is 0.190 e. The molecule has 1 aliphatic rings. The molecule has 1 aromatic rings. The van der Waals surface area contributed by atoms with Gasteiger partial charge < -0.3 is 14.8 Å². The molecule has 0 atom stereocenters. The van der Waals surface area contributed by atoms with Crippen molar-refractivity contribution in [2.75, 3.05) is 25.1 Å². The molecule has 1 N–H and O–H groups in total. The number of ether oxygens (including phenoxy) is 2. The summed E-state index contributed by atoms with van der Waals surface area (Å²) in [5, 5.41) is 28.8. The van der Waals surface area contributed by atoms with Crippen LogP contribution in [0, 0.1) is 51.5 Å². The Morgan fingerprint density at radius 3 is 2.24 bits per heavy atom. The molecule has 1 aliphatic heterocycles. The number of nitriles is 3. The van der Waals surface area contributed by atoms with Crippen molar-refractivity contribution in [3.8, 4) is 24.0 Å². The Balaban J connectivity index is 2.14. The average Bonchev–Trinajstić information content (AvgIpc) is 2.62. The number of halogens is 2. The molecule has 2 rings (SSSR count). The van der Waals surface area contributed by atoms with Crippen LogP contribution in [-0.4, -0.2) is 19.8 Å². The predicted molar refractivity (Wildman–Crippen MR) is 82.9 cm³/mol. The highest BCUT2D eigenvalue weighted by molar-refractivity contribution is 5.59. The van der Waals surface area contributed by atoms with Crippen molar-refractivity contribution in [3.63, 3.8) is 0 Å². The largest absolute Gasteiger partial charge is 0.487 e. The van der Waals surface area contributed by atoms with Crippen LogP contribution in [0.1, 0.15) is 12.8 Å². The number of hydrogen-bond donors (Lipinski definition) is 1. The minimum atomic E-state index is -0.942. The molecule has 1 saturated heterocycles. The summed E-state index contributed by atoms with van der Waals surface area (Å²) in [6.45, 7) is 1.39. The molecule has 1 heterocycles. The predicted octanol–water partition coefficient (Wildman–Crippen LogP) is 3.01. The summed E-state index contributed by atoms with van der Waals surface area (Å²) in [6, 6.07) is 6.55. The maximum atomic E-state index is 14.1. The summed E-state index contributed by atoms with van der Waals surface area (Å²) in [5.41, 5.74) is -0.976. The normalized spacial score (nSPS) is 13.9. The highest BCUT2D eigenvalue weighted by atomic mass is 19.1. The van der Waals surface area contributed by atoms with Gasteiger partial charge in [0, 0.05) is 31.0 Å². The van der Waals surface area contributed by atoms with Gasteiger partial charge >= 0.3 is 0 Å². The third-order valence-corrected chi connectivity index (χ3v) is 3.66. The third kappa shape index (κ3) is 4.67. The molecule has 0 aliphatic carbocycles. The second-order valence-corrected chi connectivity index (χ2v) is 5.35. The van der Waals surface area contributed by atoms with E-state index in [1.165, 1.54) is 12.1 Å². The Morgan fingerprint density at radius 2 is 1.72 bits per heavy atom. The molecule has 0 radical (unpaired) electrons. The van der Waals surface area contributed by atoms with Gasteiger partial charge in [0.1, 0.15) is 23.9 Å². The number of allylic oxidation sites excluding steroid dienone is 2. The highest BCUT2D eigenvalue weighted by Gasteiger charge is 2.18. The first-order valence-corrected chi connectivity index (χ1v) is 7.50. The molecule has 0 saturated carbocycles. The zero-order valence-electron chi connectivity index (χ0n) is 13.2. The highest BCUT2D eigenvalue weighted by Crippen LogP contribution is 2.28. The second kappa shape index (κ2) is 8.63. The number of benzene rings is 1. The molecule has 0 unspecified atom stereocenters. The van der Waals surface area contributed by atoms with Gasteiger partial charge in [0.05, 0.1) is 6.61 Å². The number of rotatable bonds is 5. The molecule has 0 aromatic heterocycles. The van der Waals surface area contributed by atoms with Crippen molar-refractivity contribution >= 4 is 5.69 Å². The van der Waals surface area contributed by atoms with E-state index in [9.17, 15) is 8.78 Å². The standard InChI is InChI=1S/C17H14F2N4O2/c18-14-5-13(23-16(9-22)12(7-20)8-21)6-15(19)17(14)25-10-11-1-3-24-4-2-11/h5-6,11,23H,1-4,10H2. The smallest absolute Gasteiger partial charge is 0.190 e. The fourth-order valence-electron chi connectivity index (χ4n) is 2.31. The molecular weight excluding hydrogens is 330 g/mol. The Kier molecular flexibility index (Phi) is 6.28. The molecule has 0 bridgehead atoms. The van der Waals surface area contributed by atoms with Crippen LogP contribution in [0.25, 0.3) is 0 Å². The van der Waals surface area contributed by atoms with Crippen LogP contribution in [0.2, 0.25) is 0 Å². The van der Waals surface area contributed by atoms with Gasteiger partial charge in [-0.15, -0.1) is 0 Å². The van der Waals surface area contributed by atoms with Crippen LogP contribution in [-0.2, 0) is 4.74 Å². The Hall–Kier alpha value is -3.15. The molecule has 128 valence electrons. The Morgan fingerprint density at radius 1 is 1.12 bits per heavy atom. The topological polar surface area (TPSA) is 102 Å². The van der Waals surface area contributed by atoms with Gasteiger partial charge in [-0.05, 0) is 18.8 Å². The lowest BCUT2D eigenvalue weighted by Crippen LogP contribution is -2.22. The Bertz CT molecular complexity index is 757. The van der Waals surface area contributed by atoms with Gasteiger partial charge in [-0.25, -0.2) is 8.78 Å². The van der Waals surface area contributed by atoms with Crippen molar-refractivity contribution in [3.05, 3.63) is 35.0 Å². The molecule has 6 nitrogen and oxygen atoms in total. The zero-order valence-corrected chi connectivity index (χ0v) is 13.2. The van der Waals surface area contributed by atoms with Crippen LogP contribution in [0.4, 0.5) is 14.5 Å². The fourth-order valence-corrected chi connectivity index (χ4v) is 2.31. The van der Waals surface area contributed by atoms with Crippen LogP contribution in [0.5, 0.6) is 5.75 Å². The van der Waals surface area contributed by atoms with Gasteiger partial charge in [-0.1, -0.05) is 0 Å². The van der Waals surface area contributed by atoms with Gasteiger partial charge in [0.15, 0.2) is 23.0 Å². The van der Waals surface area contributed by atoms with Gasteiger partial charge in [-0.3, -0.25) is 0 Å². The van der Waals surface area contributed by atoms with Crippen LogP contribution >= 0.6 is 0 Å². The lowest BCUT2D eigenvalue weighted by molar-refractivity contribution is 0.0485. The summed E-state index contributed by atoms with van der Waals surface area (Å²) in [4.78, 5) is 0. The molecule has 0 spiro atoms. The third-order valence-electron chi connectivity index (χ3n) is 3.66. The van der Waals surface area contributed by atoms with Crippen molar-refractivity contribution in [2.45, 2.75) is 12.8 Å². The summed E-state index contributed by atoms with van der Waals surface area (Å²) in [6.07, 6.45) is 1.54. The van der Waals surface area contributed by atoms with E-state index in [-0.39, 0.29) is 23.9 Å². The lowest BCUT2D eigenvalue weighted by atomic mass is 10.0. The molecule has 1 fully saturated rings. The summed E-state index contributed by atoms with van der Waals surface area (Å²) < 4.78 is 38.7. The van der Waals surface area contributed by atoms with Crippen LogP contribution in [0.15, 0.2) is 23.4 Å². The zero-order chi connectivity index (χ0) is 18.2. The maximum absolute atomic E-state index is 14.1. The summed E-state index contributed by atoms with van der Waals surface area (Å²) in [7, 11) is 0. The average molecular weight is 344 g/mol. The van der Waals surface area contributed by atoms with E-state index in [1.807, 2.05) is 0 Å². The first kappa shape index (κ1) is 18.2. The SMILES string of the molecule is N#CC(C#N)=C(C#N)Nc1cc(F)c(OCC2CCOCC2)c(F)c1. The minimum Gasteiger partial charge on any atom is -0.487 e. The summed E-state index contributed by atoms with van der Waals surface area (Å²) in [5.74, 6) is -2.21. The quantitative estimate of drug-likeness (QED) is 0.824. The second-order valence-electron chi connectivity index (χ2n) is 5.35. The number of anilines is 1. The van der Waals surface area contributed by atoms with E-state index >= 15 is 0 Å². The van der Waals surface area contributed by atoms with Crippen molar-refractivity contribution in [2.24, 2.45) is 5.92 Å². The van der Waals surface area contributed by atoms with E-state index in [0.29, 0.717) is 13.2 Å². The van der Waals surface area contributed by atoms with Crippen LogP contribution < -0.4 is 10.1 Å². The lowest BCUT2D eigenvalue weighted by Gasteiger charge is -2.22. The first-order chi connectivity index (χ1) is 12.1. The Labute approximate surface area is 143 Å². The monoisotopic (exact) mass is 344 g/mol. The summed E-state index contributed by atoms with van der Waals surface area (Å²) >= 11 is 0. The fraction of sp³-hybridized carbons (Fsp3) is 0.353. The van der Waals surface area contributed by atoms with E-state index < -0.39 is 23.0 Å². The van der Waals surface area contributed by atoms with Gasteiger partial charge in [0.2, 0.25) is 0 Å². The number of hydrogen-bond acceptors (Lipinski definition) is 6. The van der Waals surface area contributed by atoms with Crippen molar-refractivity contribution < 1.29 is 18.3 Å². The van der Waals surface area contributed by atoms with Gasteiger partial charge in [-0.2, -0.15) is 15.8 Å². The molecule has 25 heavy (non-hydrogen) atoms. The van der Waals surface area contributed by atoms with E-state index in [1.54, 1.807) is 6.07 Å². The van der Waals surface area contributed by atoms with Crippen molar-refractivity contribution in [1.82, 2.24) is 0 Å². The number of nitrogens with one attached hydrogen (secondary N) is 1. The van der Waals surface area contributed by atoms with E-state index in [2.05, 4.69) is 5.32 Å². The van der Waals surface area contributed by atoms with Crippen molar-refractivity contribution in [1.29, 1.82) is 15.8 Å². The molecule has 1 aromatic carbocycles. The van der Waals surface area contributed by atoms with Crippen LogP contribution in [0.3, 0.4) is 0 Å². The first-order valence-electron chi connectivity index (χ1n) is 7.50. The molecular formula is C17H14F2N4O2. The molecule has 8 heteroatoms. The number of nitrogens with zero attached hydrogens (tertiary/aromatic N) is 3. The van der Waals surface area contributed by atoms with E-state index in [4.69, 9.17) is 25.3 Å².